The number of thiazole rings is 1. The monoisotopic (exact) mass is 431 g/mol. The highest BCUT2D eigenvalue weighted by Gasteiger charge is 2.25. The van der Waals surface area contributed by atoms with Gasteiger partial charge < -0.3 is 4.42 Å². The van der Waals surface area contributed by atoms with Crippen molar-refractivity contribution in [1.82, 2.24) is 9.97 Å². The third kappa shape index (κ3) is 3.57. The van der Waals surface area contributed by atoms with Crippen LogP contribution in [0.1, 0.15) is 16.1 Å². The fourth-order valence-electron chi connectivity index (χ4n) is 3.26. The standard InChI is InChI=1S/C23H14FN3O3S/c24-16-7-3-9-20-21(16)26-23(31-20)27(13-14-5-4-10-25-12-14)22(29)19-11-17(28)15-6-1-2-8-18(15)30-19/h1-12H,13H2. The first kappa shape index (κ1) is 19.1. The summed E-state index contributed by atoms with van der Waals surface area (Å²) < 4.78 is 20.6. The molecule has 0 atom stereocenters. The number of para-hydroxylation sites is 2. The molecule has 1 amide bonds. The van der Waals surface area contributed by atoms with Gasteiger partial charge in [0.2, 0.25) is 0 Å². The Morgan fingerprint density at radius 2 is 1.97 bits per heavy atom. The Morgan fingerprint density at radius 1 is 1.10 bits per heavy atom. The molecule has 31 heavy (non-hydrogen) atoms. The first-order valence-electron chi connectivity index (χ1n) is 9.39. The Bertz CT molecular complexity index is 1480. The van der Waals surface area contributed by atoms with Crippen LogP contribution in [0.2, 0.25) is 0 Å². The fraction of sp³-hybridized carbons (Fsp3) is 0.0435. The van der Waals surface area contributed by atoms with Crippen LogP contribution in [0.4, 0.5) is 9.52 Å². The summed E-state index contributed by atoms with van der Waals surface area (Å²) in [5.74, 6) is -1.13. The molecule has 0 bridgehead atoms. The van der Waals surface area contributed by atoms with Gasteiger partial charge in [0, 0.05) is 18.5 Å². The van der Waals surface area contributed by atoms with Crippen molar-refractivity contribution in [3.63, 3.8) is 0 Å². The summed E-state index contributed by atoms with van der Waals surface area (Å²) in [6.45, 7) is 0.130. The molecule has 0 unspecified atom stereocenters. The Balaban J connectivity index is 1.63. The fourth-order valence-corrected chi connectivity index (χ4v) is 4.24. The maximum absolute atomic E-state index is 14.2. The third-order valence-electron chi connectivity index (χ3n) is 4.74. The van der Waals surface area contributed by atoms with Crippen LogP contribution in [0.3, 0.4) is 0 Å². The predicted octanol–water partition coefficient (Wildman–Crippen LogP) is 4.78. The number of aromatic nitrogens is 2. The Morgan fingerprint density at radius 3 is 2.77 bits per heavy atom. The molecule has 8 heteroatoms. The largest absolute Gasteiger partial charge is 0.451 e. The van der Waals surface area contributed by atoms with Crippen molar-refractivity contribution in [3.05, 3.63) is 100 Å². The second kappa shape index (κ2) is 7.73. The van der Waals surface area contributed by atoms with Crippen molar-refractivity contribution in [3.8, 4) is 0 Å². The minimum atomic E-state index is -0.550. The number of pyridine rings is 1. The topological polar surface area (TPSA) is 76.3 Å². The van der Waals surface area contributed by atoms with Crippen molar-refractivity contribution in [2.24, 2.45) is 0 Å². The van der Waals surface area contributed by atoms with Crippen LogP contribution in [0.5, 0.6) is 0 Å². The Kier molecular flexibility index (Phi) is 4.76. The minimum absolute atomic E-state index is 0.118. The highest BCUT2D eigenvalue weighted by atomic mass is 32.1. The van der Waals surface area contributed by atoms with Crippen LogP contribution in [0, 0.1) is 5.82 Å². The number of fused-ring (bicyclic) bond motifs is 2. The number of benzene rings is 2. The van der Waals surface area contributed by atoms with Crippen molar-refractivity contribution < 1.29 is 13.6 Å². The summed E-state index contributed by atoms with van der Waals surface area (Å²) in [7, 11) is 0. The lowest BCUT2D eigenvalue weighted by molar-refractivity contribution is 0.0959. The summed E-state index contributed by atoms with van der Waals surface area (Å²) in [5, 5.41) is 0.685. The zero-order valence-electron chi connectivity index (χ0n) is 16.0. The molecule has 0 aliphatic carbocycles. The van der Waals surface area contributed by atoms with E-state index in [1.54, 1.807) is 54.9 Å². The van der Waals surface area contributed by atoms with Crippen LogP contribution in [0.25, 0.3) is 21.2 Å². The highest BCUT2D eigenvalue weighted by Crippen LogP contribution is 2.32. The van der Waals surface area contributed by atoms with Gasteiger partial charge in [-0.1, -0.05) is 35.6 Å². The number of nitrogens with zero attached hydrogens (tertiary/aromatic N) is 3. The predicted molar refractivity (Wildman–Crippen MR) is 117 cm³/mol. The molecule has 3 heterocycles. The van der Waals surface area contributed by atoms with Crippen molar-refractivity contribution in [1.29, 1.82) is 0 Å². The lowest BCUT2D eigenvalue weighted by Crippen LogP contribution is -2.31. The number of hydrogen-bond acceptors (Lipinski definition) is 6. The van der Waals surface area contributed by atoms with Crippen molar-refractivity contribution >= 4 is 43.6 Å². The third-order valence-corrected chi connectivity index (χ3v) is 5.79. The molecule has 0 aliphatic heterocycles. The number of carbonyl (C=O) groups is 1. The summed E-state index contributed by atoms with van der Waals surface area (Å²) in [6, 6.07) is 16.1. The molecule has 0 saturated carbocycles. The van der Waals surface area contributed by atoms with Crippen molar-refractivity contribution in [2.75, 3.05) is 4.90 Å². The van der Waals surface area contributed by atoms with Gasteiger partial charge in [-0.25, -0.2) is 9.37 Å². The van der Waals surface area contributed by atoms with E-state index in [1.165, 1.54) is 28.4 Å². The van der Waals surface area contributed by atoms with Gasteiger partial charge in [0.05, 0.1) is 16.6 Å². The van der Waals surface area contributed by atoms with Gasteiger partial charge in [0.15, 0.2) is 16.3 Å². The first-order chi connectivity index (χ1) is 15.1. The van der Waals surface area contributed by atoms with Crippen LogP contribution < -0.4 is 10.3 Å². The van der Waals surface area contributed by atoms with Gasteiger partial charge in [0.25, 0.3) is 5.91 Å². The highest BCUT2D eigenvalue weighted by molar-refractivity contribution is 7.22. The van der Waals surface area contributed by atoms with Gasteiger partial charge in [-0.15, -0.1) is 0 Å². The summed E-state index contributed by atoms with van der Waals surface area (Å²) in [6.07, 6.45) is 3.26. The van der Waals surface area contributed by atoms with Crippen LogP contribution >= 0.6 is 11.3 Å². The van der Waals surface area contributed by atoms with E-state index in [2.05, 4.69) is 9.97 Å². The van der Waals surface area contributed by atoms with E-state index in [4.69, 9.17) is 4.42 Å². The van der Waals surface area contributed by atoms with E-state index in [0.717, 1.165) is 5.56 Å². The quantitative estimate of drug-likeness (QED) is 0.409. The summed E-state index contributed by atoms with van der Waals surface area (Å²) >= 11 is 1.18. The summed E-state index contributed by atoms with van der Waals surface area (Å²) in [4.78, 5) is 35.8. The second-order valence-corrected chi connectivity index (χ2v) is 7.82. The molecule has 0 radical (unpaired) electrons. The minimum Gasteiger partial charge on any atom is -0.451 e. The summed E-state index contributed by atoms with van der Waals surface area (Å²) in [5.41, 5.74) is 0.932. The van der Waals surface area contributed by atoms with Crippen molar-refractivity contribution in [2.45, 2.75) is 6.54 Å². The molecular weight excluding hydrogens is 417 g/mol. The number of rotatable bonds is 4. The normalized spacial score (nSPS) is 11.1. The van der Waals surface area contributed by atoms with E-state index in [-0.39, 0.29) is 23.3 Å². The Hall–Kier alpha value is -3.91. The van der Waals surface area contributed by atoms with E-state index >= 15 is 0 Å². The average Bonchev–Trinajstić information content (AvgIpc) is 3.23. The van der Waals surface area contributed by atoms with Gasteiger partial charge >= 0.3 is 0 Å². The van der Waals surface area contributed by atoms with Gasteiger partial charge in [-0.3, -0.25) is 19.5 Å². The average molecular weight is 431 g/mol. The molecule has 152 valence electrons. The molecule has 0 spiro atoms. The van der Waals surface area contributed by atoms with E-state index < -0.39 is 11.7 Å². The Labute approximate surface area is 179 Å². The molecule has 5 rings (SSSR count). The SMILES string of the molecule is O=C(c1cc(=O)c2ccccc2o1)N(Cc1cccnc1)c1nc2c(F)cccc2s1. The lowest BCUT2D eigenvalue weighted by Gasteiger charge is -2.19. The smallest absolute Gasteiger partial charge is 0.296 e. The van der Waals surface area contributed by atoms with Gasteiger partial charge in [-0.2, -0.15) is 0 Å². The molecule has 3 aromatic heterocycles. The number of hydrogen-bond donors (Lipinski definition) is 0. The first-order valence-corrected chi connectivity index (χ1v) is 10.2. The molecule has 0 fully saturated rings. The molecule has 0 saturated heterocycles. The van der Waals surface area contributed by atoms with Crippen LogP contribution in [-0.2, 0) is 6.54 Å². The molecule has 0 N–H and O–H groups in total. The molecule has 5 aromatic rings. The zero-order chi connectivity index (χ0) is 21.4. The van der Waals surface area contributed by atoms with Gasteiger partial charge in [-0.05, 0) is 35.9 Å². The maximum Gasteiger partial charge on any atom is 0.296 e. The number of halogens is 1. The molecular formula is C23H14FN3O3S. The maximum atomic E-state index is 14.2. The zero-order valence-corrected chi connectivity index (χ0v) is 16.8. The van der Waals surface area contributed by atoms with E-state index in [1.807, 2.05) is 6.07 Å². The molecule has 0 aliphatic rings. The molecule has 2 aromatic carbocycles. The number of anilines is 1. The number of amides is 1. The molecule has 6 nitrogen and oxygen atoms in total. The lowest BCUT2D eigenvalue weighted by atomic mass is 10.2. The van der Waals surface area contributed by atoms with Crippen LogP contribution in [-0.4, -0.2) is 15.9 Å². The van der Waals surface area contributed by atoms with Crippen LogP contribution in [0.15, 0.2) is 82.3 Å². The van der Waals surface area contributed by atoms with E-state index in [0.29, 0.717) is 20.8 Å². The van der Waals surface area contributed by atoms with E-state index in [9.17, 15) is 14.0 Å². The van der Waals surface area contributed by atoms with Gasteiger partial charge in [0.1, 0.15) is 16.9 Å². The second-order valence-electron chi connectivity index (χ2n) is 6.81. The number of carbonyl (C=O) groups excluding carboxylic acids is 1.